The van der Waals surface area contributed by atoms with Crippen molar-refractivity contribution in [3.05, 3.63) is 71.4 Å². The highest BCUT2D eigenvalue weighted by Gasteiger charge is 2.24. The molecular weight excluding hydrogens is 408 g/mol. The van der Waals surface area contributed by atoms with Crippen molar-refractivity contribution in [2.45, 2.75) is 37.8 Å². The highest BCUT2D eigenvalue weighted by atomic mass is 16.4. The first kappa shape index (κ1) is 21.4. The van der Waals surface area contributed by atoms with Crippen molar-refractivity contribution in [2.75, 3.05) is 6.54 Å². The van der Waals surface area contributed by atoms with Crippen LogP contribution in [0.5, 0.6) is 0 Å². The topological polar surface area (TPSA) is 123 Å². The van der Waals surface area contributed by atoms with Crippen LogP contribution < -0.4 is 16.0 Å². The largest absolute Gasteiger partial charge is 0.480 e. The van der Waals surface area contributed by atoms with Crippen LogP contribution in [0.2, 0.25) is 0 Å². The lowest BCUT2D eigenvalue weighted by atomic mass is 9.88. The molecule has 3 aromatic rings. The van der Waals surface area contributed by atoms with E-state index < -0.39 is 18.0 Å². The van der Waals surface area contributed by atoms with Gasteiger partial charge in [0.1, 0.15) is 6.04 Å². The standard InChI is InChI=1S/C24H26N4O4/c29-22(27-20-11-5-7-15-6-1-2-8-17(15)20)14-26-24(32)28-21(23(30)31)12-16-13-25-19-10-4-3-9-18(16)19/h1-4,6,8-10,13,20-21,25H,5,7,11-12,14H2,(H,27,29)(H,30,31)(H2,26,28,32)/t20-,21-/m0/s1. The van der Waals surface area contributed by atoms with Gasteiger partial charge in [0.05, 0.1) is 12.6 Å². The Labute approximate surface area is 185 Å². The molecule has 8 nitrogen and oxygen atoms in total. The smallest absolute Gasteiger partial charge is 0.326 e. The van der Waals surface area contributed by atoms with Gasteiger partial charge in [0.15, 0.2) is 0 Å². The molecule has 166 valence electrons. The molecule has 0 bridgehead atoms. The molecule has 0 saturated carbocycles. The number of benzene rings is 2. The first-order chi connectivity index (χ1) is 15.5. The number of aliphatic carboxylic acids is 1. The molecule has 0 unspecified atom stereocenters. The fraction of sp³-hybridized carbons (Fsp3) is 0.292. The Kier molecular flexibility index (Phi) is 6.39. The lowest BCUT2D eigenvalue weighted by Crippen LogP contribution is -2.49. The minimum atomic E-state index is -1.14. The average molecular weight is 434 g/mol. The minimum absolute atomic E-state index is 0.0778. The van der Waals surface area contributed by atoms with Gasteiger partial charge >= 0.3 is 12.0 Å². The SMILES string of the molecule is O=C(CNC(=O)N[C@@H](Cc1c[nH]c2ccccc12)C(=O)O)N[C@H]1CCCc2ccccc21. The third-order valence-electron chi connectivity index (χ3n) is 5.82. The van der Waals surface area contributed by atoms with Crippen LogP contribution in [0.1, 0.15) is 35.6 Å². The zero-order valence-corrected chi connectivity index (χ0v) is 17.6. The monoisotopic (exact) mass is 434 g/mol. The van der Waals surface area contributed by atoms with Crippen LogP contribution in [0, 0.1) is 0 Å². The molecule has 1 aromatic heterocycles. The molecule has 1 aliphatic carbocycles. The number of urea groups is 1. The maximum absolute atomic E-state index is 12.4. The van der Waals surface area contributed by atoms with E-state index in [9.17, 15) is 19.5 Å². The number of carbonyl (C=O) groups excluding carboxylic acids is 2. The van der Waals surface area contributed by atoms with E-state index in [1.165, 1.54) is 5.56 Å². The number of carboxylic acid groups (broad SMARTS) is 1. The summed E-state index contributed by atoms with van der Waals surface area (Å²) < 4.78 is 0. The number of para-hydroxylation sites is 1. The van der Waals surface area contributed by atoms with Gasteiger partial charge in [-0.3, -0.25) is 4.79 Å². The minimum Gasteiger partial charge on any atom is -0.480 e. The normalized spacial score (nSPS) is 16.1. The molecular formula is C24H26N4O4. The van der Waals surface area contributed by atoms with Gasteiger partial charge in [-0.25, -0.2) is 9.59 Å². The third-order valence-corrected chi connectivity index (χ3v) is 5.82. The number of nitrogens with one attached hydrogen (secondary N) is 4. The second kappa shape index (κ2) is 9.55. The summed E-state index contributed by atoms with van der Waals surface area (Å²) in [7, 11) is 0. The van der Waals surface area contributed by atoms with E-state index in [0.29, 0.717) is 0 Å². The molecule has 0 radical (unpaired) electrons. The highest BCUT2D eigenvalue weighted by molar-refractivity contribution is 5.88. The molecule has 2 aromatic carbocycles. The number of hydrogen-bond donors (Lipinski definition) is 5. The lowest BCUT2D eigenvalue weighted by molar-refractivity contribution is -0.139. The Bertz CT molecular complexity index is 1140. The van der Waals surface area contributed by atoms with E-state index in [-0.39, 0.29) is 24.9 Å². The Morgan fingerprint density at radius 1 is 1.09 bits per heavy atom. The Hall–Kier alpha value is -3.81. The molecule has 1 heterocycles. The van der Waals surface area contributed by atoms with Gasteiger partial charge in [-0.1, -0.05) is 42.5 Å². The van der Waals surface area contributed by atoms with Crippen molar-refractivity contribution in [1.29, 1.82) is 0 Å². The van der Waals surface area contributed by atoms with Crippen LogP contribution in [0.3, 0.4) is 0 Å². The van der Waals surface area contributed by atoms with Gasteiger partial charge in [-0.15, -0.1) is 0 Å². The first-order valence-electron chi connectivity index (χ1n) is 10.7. The number of fused-ring (bicyclic) bond motifs is 2. The summed E-state index contributed by atoms with van der Waals surface area (Å²) in [5.74, 6) is -1.46. The van der Waals surface area contributed by atoms with Gasteiger partial charge in [0, 0.05) is 23.5 Å². The summed E-state index contributed by atoms with van der Waals surface area (Å²) >= 11 is 0. The maximum atomic E-state index is 12.4. The molecule has 32 heavy (non-hydrogen) atoms. The predicted octanol–water partition coefficient (Wildman–Crippen LogP) is 2.66. The van der Waals surface area contributed by atoms with E-state index in [2.05, 4.69) is 27.0 Å². The van der Waals surface area contributed by atoms with Gasteiger partial charge in [-0.2, -0.15) is 0 Å². The van der Waals surface area contributed by atoms with Crippen molar-refractivity contribution < 1.29 is 19.5 Å². The summed E-state index contributed by atoms with van der Waals surface area (Å²) in [5.41, 5.74) is 4.04. The van der Waals surface area contributed by atoms with Crippen LogP contribution in [0.25, 0.3) is 10.9 Å². The molecule has 3 amide bonds. The Morgan fingerprint density at radius 3 is 2.72 bits per heavy atom. The molecule has 0 fully saturated rings. The maximum Gasteiger partial charge on any atom is 0.326 e. The molecule has 2 atom stereocenters. The van der Waals surface area contributed by atoms with Crippen molar-refractivity contribution in [1.82, 2.24) is 20.9 Å². The van der Waals surface area contributed by atoms with E-state index in [1.807, 2.05) is 42.5 Å². The van der Waals surface area contributed by atoms with Gasteiger partial charge < -0.3 is 26.0 Å². The highest BCUT2D eigenvalue weighted by Crippen LogP contribution is 2.29. The number of aromatic amines is 1. The zero-order chi connectivity index (χ0) is 22.5. The fourth-order valence-electron chi connectivity index (χ4n) is 4.24. The van der Waals surface area contributed by atoms with E-state index in [1.54, 1.807) is 6.20 Å². The number of carboxylic acids is 1. The predicted molar refractivity (Wildman–Crippen MR) is 120 cm³/mol. The van der Waals surface area contributed by atoms with Crippen molar-refractivity contribution in [3.63, 3.8) is 0 Å². The summed E-state index contributed by atoms with van der Waals surface area (Å²) in [4.78, 5) is 39.4. The summed E-state index contributed by atoms with van der Waals surface area (Å²) in [5, 5.41) is 18.3. The molecule has 0 aliphatic heterocycles. The number of carbonyl (C=O) groups is 3. The number of aromatic nitrogens is 1. The third kappa shape index (κ3) is 4.91. The van der Waals surface area contributed by atoms with Crippen LogP contribution in [-0.4, -0.2) is 40.6 Å². The van der Waals surface area contributed by atoms with Crippen LogP contribution >= 0.6 is 0 Å². The molecule has 4 rings (SSSR count). The number of rotatable bonds is 7. The first-order valence-corrected chi connectivity index (χ1v) is 10.7. The van der Waals surface area contributed by atoms with Gasteiger partial charge in [-0.05, 0) is 42.0 Å². The molecule has 5 N–H and O–H groups in total. The van der Waals surface area contributed by atoms with Gasteiger partial charge in [0.2, 0.25) is 5.91 Å². The van der Waals surface area contributed by atoms with Crippen LogP contribution in [0.4, 0.5) is 4.79 Å². The van der Waals surface area contributed by atoms with Crippen LogP contribution in [-0.2, 0) is 22.4 Å². The summed E-state index contributed by atoms with van der Waals surface area (Å²) in [6.07, 6.45) is 4.70. The number of aryl methyl sites for hydroxylation is 1. The van der Waals surface area contributed by atoms with Crippen molar-refractivity contribution >= 4 is 28.8 Å². The Balaban J connectivity index is 1.30. The van der Waals surface area contributed by atoms with Crippen molar-refractivity contribution in [2.24, 2.45) is 0 Å². The second-order valence-electron chi connectivity index (χ2n) is 7.99. The van der Waals surface area contributed by atoms with Crippen molar-refractivity contribution in [3.8, 4) is 0 Å². The molecule has 1 aliphatic rings. The summed E-state index contributed by atoms with van der Waals surface area (Å²) in [6, 6.07) is 13.7. The van der Waals surface area contributed by atoms with E-state index in [0.717, 1.165) is 41.3 Å². The number of hydrogen-bond acceptors (Lipinski definition) is 3. The number of H-pyrrole nitrogens is 1. The average Bonchev–Trinajstić information content (AvgIpc) is 3.20. The summed E-state index contributed by atoms with van der Waals surface area (Å²) in [6.45, 7) is -0.232. The van der Waals surface area contributed by atoms with Crippen LogP contribution in [0.15, 0.2) is 54.7 Å². The second-order valence-corrected chi connectivity index (χ2v) is 7.99. The fourth-order valence-corrected chi connectivity index (χ4v) is 4.24. The molecule has 0 spiro atoms. The Morgan fingerprint density at radius 2 is 1.88 bits per heavy atom. The van der Waals surface area contributed by atoms with Gasteiger partial charge in [0.25, 0.3) is 0 Å². The number of amides is 3. The molecule has 0 saturated heterocycles. The van der Waals surface area contributed by atoms with E-state index >= 15 is 0 Å². The zero-order valence-electron chi connectivity index (χ0n) is 17.6. The quantitative estimate of drug-likeness (QED) is 0.392. The lowest BCUT2D eigenvalue weighted by Gasteiger charge is -2.26. The molecule has 8 heteroatoms. The van der Waals surface area contributed by atoms with E-state index in [4.69, 9.17) is 0 Å².